The van der Waals surface area contributed by atoms with Crippen LogP contribution in [0.3, 0.4) is 0 Å². The standard InChI is InChI=1S/C14H9F3N2S/c1-8-19-12-3-2-9(5-13(12)20-8)10-4-11(7-18-6-10)14(15,16)17/h2-7H,1H3. The molecule has 2 heterocycles. The molecule has 1 aromatic carbocycles. The third kappa shape index (κ3) is 2.38. The molecule has 0 spiro atoms. The molecule has 0 fully saturated rings. The maximum atomic E-state index is 12.7. The maximum Gasteiger partial charge on any atom is 0.417 e. The van der Waals surface area contributed by atoms with Crippen molar-refractivity contribution in [3.63, 3.8) is 0 Å². The highest BCUT2D eigenvalue weighted by molar-refractivity contribution is 7.18. The monoisotopic (exact) mass is 294 g/mol. The van der Waals surface area contributed by atoms with Crippen molar-refractivity contribution in [2.24, 2.45) is 0 Å². The number of rotatable bonds is 1. The van der Waals surface area contributed by atoms with Crippen molar-refractivity contribution in [3.8, 4) is 11.1 Å². The Morgan fingerprint density at radius 2 is 1.85 bits per heavy atom. The summed E-state index contributed by atoms with van der Waals surface area (Å²) in [5.41, 5.74) is 1.28. The highest BCUT2D eigenvalue weighted by Crippen LogP contribution is 2.33. The van der Waals surface area contributed by atoms with Crippen LogP contribution in [0.4, 0.5) is 13.2 Å². The van der Waals surface area contributed by atoms with Gasteiger partial charge in [0.25, 0.3) is 0 Å². The van der Waals surface area contributed by atoms with E-state index >= 15 is 0 Å². The SMILES string of the molecule is Cc1nc2ccc(-c3cncc(C(F)(F)F)c3)cc2s1. The molecule has 0 aliphatic heterocycles. The van der Waals surface area contributed by atoms with Gasteiger partial charge in [0.2, 0.25) is 0 Å². The molecule has 0 saturated carbocycles. The van der Waals surface area contributed by atoms with Crippen LogP contribution in [-0.4, -0.2) is 9.97 Å². The summed E-state index contributed by atoms with van der Waals surface area (Å²) in [5, 5.41) is 0.930. The summed E-state index contributed by atoms with van der Waals surface area (Å²) in [6.45, 7) is 1.90. The summed E-state index contributed by atoms with van der Waals surface area (Å²) in [7, 11) is 0. The van der Waals surface area contributed by atoms with E-state index in [1.807, 2.05) is 19.1 Å². The Bertz CT molecular complexity index is 777. The van der Waals surface area contributed by atoms with Gasteiger partial charge in [-0.25, -0.2) is 4.98 Å². The van der Waals surface area contributed by atoms with Gasteiger partial charge in [-0.05, 0) is 30.7 Å². The fourth-order valence-electron chi connectivity index (χ4n) is 1.97. The zero-order valence-corrected chi connectivity index (χ0v) is 11.2. The molecule has 0 radical (unpaired) electrons. The summed E-state index contributed by atoms with van der Waals surface area (Å²) in [6, 6.07) is 6.53. The molecule has 3 aromatic rings. The molecule has 0 bridgehead atoms. The van der Waals surface area contributed by atoms with Crippen LogP contribution in [0.15, 0.2) is 36.7 Å². The highest BCUT2D eigenvalue weighted by Gasteiger charge is 2.31. The summed E-state index contributed by atoms with van der Waals surface area (Å²) in [4.78, 5) is 8.01. The minimum absolute atomic E-state index is 0.452. The summed E-state index contributed by atoms with van der Waals surface area (Å²) >= 11 is 1.52. The normalized spacial score (nSPS) is 12.0. The van der Waals surface area contributed by atoms with Crippen LogP contribution in [0.2, 0.25) is 0 Å². The van der Waals surface area contributed by atoms with Crippen molar-refractivity contribution in [2.45, 2.75) is 13.1 Å². The Labute approximate surface area is 116 Å². The average Bonchev–Trinajstić information content (AvgIpc) is 2.77. The van der Waals surface area contributed by atoms with Crippen LogP contribution in [0, 0.1) is 6.92 Å². The number of benzene rings is 1. The minimum atomic E-state index is -4.38. The van der Waals surface area contributed by atoms with Gasteiger partial charge in [0.15, 0.2) is 0 Å². The Hall–Kier alpha value is -1.95. The van der Waals surface area contributed by atoms with E-state index in [4.69, 9.17) is 0 Å². The number of aryl methyl sites for hydroxylation is 1. The van der Waals surface area contributed by atoms with Crippen LogP contribution in [0.25, 0.3) is 21.3 Å². The van der Waals surface area contributed by atoms with Gasteiger partial charge in [-0.3, -0.25) is 4.98 Å². The number of fused-ring (bicyclic) bond motifs is 1. The number of halogens is 3. The molecule has 0 saturated heterocycles. The van der Waals surface area contributed by atoms with Gasteiger partial charge in [-0.1, -0.05) is 6.07 Å². The first-order chi connectivity index (χ1) is 9.43. The van der Waals surface area contributed by atoms with Crippen molar-refractivity contribution in [2.75, 3.05) is 0 Å². The molecule has 0 aliphatic carbocycles. The van der Waals surface area contributed by atoms with Gasteiger partial charge in [-0.2, -0.15) is 13.2 Å². The molecule has 6 heteroatoms. The van der Waals surface area contributed by atoms with Crippen molar-refractivity contribution in [1.29, 1.82) is 0 Å². The molecule has 102 valence electrons. The molecule has 2 nitrogen and oxygen atoms in total. The van der Waals surface area contributed by atoms with Crippen molar-refractivity contribution >= 4 is 21.6 Å². The zero-order valence-electron chi connectivity index (χ0n) is 10.4. The lowest BCUT2D eigenvalue weighted by atomic mass is 10.1. The highest BCUT2D eigenvalue weighted by atomic mass is 32.1. The second-order valence-corrected chi connectivity index (χ2v) is 5.61. The molecule has 0 unspecified atom stereocenters. The first-order valence-corrected chi connectivity index (χ1v) is 6.65. The topological polar surface area (TPSA) is 25.8 Å². The largest absolute Gasteiger partial charge is 0.417 e. The number of nitrogens with zero attached hydrogens (tertiary/aromatic N) is 2. The summed E-state index contributed by atoms with van der Waals surface area (Å²) in [5.74, 6) is 0. The predicted molar refractivity (Wildman–Crippen MR) is 72.6 cm³/mol. The number of hydrogen-bond donors (Lipinski definition) is 0. The van der Waals surface area contributed by atoms with Crippen molar-refractivity contribution < 1.29 is 13.2 Å². The van der Waals surface area contributed by atoms with E-state index < -0.39 is 11.7 Å². The first kappa shape index (κ1) is 13.1. The van der Waals surface area contributed by atoms with Gasteiger partial charge in [0, 0.05) is 18.0 Å². The summed E-state index contributed by atoms with van der Waals surface area (Å²) < 4.78 is 39.0. The summed E-state index contributed by atoms with van der Waals surface area (Å²) in [6.07, 6.45) is -2.11. The lowest BCUT2D eigenvalue weighted by molar-refractivity contribution is -0.137. The number of pyridine rings is 1. The fraction of sp³-hybridized carbons (Fsp3) is 0.143. The molecule has 20 heavy (non-hydrogen) atoms. The molecule has 3 rings (SSSR count). The first-order valence-electron chi connectivity index (χ1n) is 5.83. The van der Waals surface area contributed by atoms with Crippen LogP contribution in [0.1, 0.15) is 10.6 Å². The van der Waals surface area contributed by atoms with Crippen LogP contribution >= 0.6 is 11.3 Å². The van der Waals surface area contributed by atoms with E-state index in [2.05, 4.69) is 9.97 Å². The van der Waals surface area contributed by atoms with Gasteiger partial charge in [-0.15, -0.1) is 11.3 Å². The Kier molecular flexibility index (Phi) is 2.97. The van der Waals surface area contributed by atoms with Crippen LogP contribution in [-0.2, 0) is 6.18 Å². The lowest BCUT2D eigenvalue weighted by Gasteiger charge is -2.08. The second-order valence-electron chi connectivity index (χ2n) is 4.38. The minimum Gasteiger partial charge on any atom is -0.263 e. The molecule has 0 aliphatic rings. The smallest absolute Gasteiger partial charge is 0.263 e. The van der Waals surface area contributed by atoms with Gasteiger partial charge < -0.3 is 0 Å². The van der Waals surface area contributed by atoms with E-state index in [1.54, 1.807) is 6.07 Å². The molecule has 0 N–H and O–H groups in total. The maximum absolute atomic E-state index is 12.7. The van der Waals surface area contributed by atoms with E-state index in [0.29, 0.717) is 11.1 Å². The number of thiazole rings is 1. The predicted octanol–water partition coefficient (Wildman–Crippen LogP) is 4.69. The fourth-order valence-corrected chi connectivity index (χ4v) is 2.84. The Morgan fingerprint density at radius 1 is 1.05 bits per heavy atom. The van der Waals surface area contributed by atoms with Crippen molar-refractivity contribution in [1.82, 2.24) is 9.97 Å². The van der Waals surface area contributed by atoms with Gasteiger partial charge in [0.05, 0.1) is 20.8 Å². The van der Waals surface area contributed by atoms with Crippen LogP contribution in [0.5, 0.6) is 0 Å². The molecule has 0 atom stereocenters. The zero-order chi connectivity index (χ0) is 14.3. The van der Waals surface area contributed by atoms with E-state index in [-0.39, 0.29) is 0 Å². The quantitative estimate of drug-likeness (QED) is 0.651. The second kappa shape index (κ2) is 4.56. The Morgan fingerprint density at radius 3 is 2.60 bits per heavy atom. The lowest BCUT2D eigenvalue weighted by Crippen LogP contribution is -2.05. The van der Waals surface area contributed by atoms with E-state index in [1.165, 1.54) is 17.5 Å². The third-order valence-corrected chi connectivity index (χ3v) is 3.83. The van der Waals surface area contributed by atoms with Gasteiger partial charge >= 0.3 is 6.18 Å². The van der Waals surface area contributed by atoms with Crippen LogP contribution < -0.4 is 0 Å². The molecule has 0 amide bonds. The third-order valence-electron chi connectivity index (χ3n) is 2.89. The number of alkyl halides is 3. The van der Waals surface area contributed by atoms with E-state index in [9.17, 15) is 13.2 Å². The van der Waals surface area contributed by atoms with Crippen molar-refractivity contribution in [3.05, 3.63) is 47.2 Å². The average molecular weight is 294 g/mol. The number of hydrogen-bond acceptors (Lipinski definition) is 3. The van der Waals surface area contributed by atoms with E-state index in [0.717, 1.165) is 27.5 Å². The van der Waals surface area contributed by atoms with Gasteiger partial charge in [0.1, 0.15) is 0 Å². The molecular weight excluding hydrogens is 285 g/mol. The molecular formula is C14H9F3N2S. The number of aromatic nitrogens is 2. The molecule has 2 aromatic heterocycles. The Balaban J connectivity index is 2.10.